The first kappa shape index (κ1) is 15.0. The van der Waals surface area contributed by atoms with Gasteiger partial charge in [0.1, 0.15) is 6.04 Å². The summed E-state index contributed by atoms with van der Waals surface area (Å²) in [6, 6.07) is 3.73. The Morgan fingerprint density at radius 3 is 2.78 bits per heavy atom. The van der Waals surface area contributed by atoms with Crippen molar-refractivity contribution in [2.75, 3.05) is 18.9 Å². The number of rotatable bonds is 8. The molecule has 18 heavy (non-hydrogen) atoms. The molecule has 0 aromatic carbocycles. The molecule has 0 aliphatic heterocycles. The third kappa shape index (κ3) is 5.51. The van der Waals surface area contributed by atoms with Gasteiger partial charge in [0.15, 0.2) is 0 Å². The van der Waals surface area contributed by atoms with Crippen LogP contribution >= 0.6 is 11.8 Å². The van der Waals surface area contributed by atoms with Gasteiger partial charge in [-0.05, 0) is 32.0 Å². The van der Waals surface area contributed by atoms with Crippen molar-refractivity contribution in [3.05, 3.63) is 24.5 Å². The number of nitrogens with one attached hydrogen (secondary N) is 1. The van der Waals surface area contributed by atoms with E-state index in [0.29, 0.717) is 6.61 Å². The second-order valence-electron chi connectivity index (χ2n) is 3.68. The highest BCUT2D eigenvalue weighted by atomic mass is 32.2. The summed E-state index contributed by atoms with van der Waals surface area (Å²) in [4.78, 5) is 16.8. The summed E-state index contributed by atoms with van der Waals surface area (Å²) in [6.45, 7) is 5.01. The summed E-state index contributed by atoms with van der Waals surface area (Å²) in [5.74, 6) is 0.718. The van der Waals surface area contributed by atoms with Crippen molar-refractivity contribution in [2.24, 2.45) is 0 Å². The molecule has 1 heterocycles. The summed E-state index contributed by atoms with van der Waals surface area (Å²) >= 11 is 1.72. The molecule has 5 heteroatoms. The lowest BCUT2D eigenvalue weighted by Gasteiger charge is -2.15. The van der Waals surface area contributed by atoms with Crippen molar-refractivity contribution in [1.29, 1.82) is 0 Å². The third-order valence-corrected chi connectivity index (χ3v) is 3.39. The zero-order valence-electron chi connectivity index (χ0n) is 10.9. The van der Waals surface area contributed by atoms with Crippen molar-refractivity contribution in [1.82, 2.24) is 10.3 Å². The molecule has 0 saturated heterocycles. The third-order valence-electron chi connectivity index (χ3n) is 2.35. The summed E-state index contributed by atoms with van der Waals surface area (Å²) in [7, 11) is 0. The van der Waals surface area contributed by atoms with Crippen molar-refractivity contribution in [2.45, 2.75) is 31.2 Å². The number of nitrogens with zero attached hydrogens (tertiary/aromatic N) is 1. The molecule has 0 amide bonds. The molecule has 1 unspecified atom stereocenters. The Bertz CT molecular complexity index is 346. The maximum Gasteiger partial charge on any atom is 0.323 e. The monoisotopic (exact) mass is 268 g/mol. The van der Waals surface area contributed by atoms with E-state index in [-0.39, 0.29) is 12.0 Å². The molecule has 100 valence electrons. The van der Waals surface area contributed by atoms with Crippen LogP contribution in [0, 0.1) is 0 Å². The van der Waals surface area contributed by atoms with E-state index in [1.807, 2.05) is 26.0 Å². The molecule has 4 nitrogen and oxygen atoms in total. The molecule has 0 radical (unpaired) electrons. The van der Waals surface area contributed by atoms with Crippen molar-refractivity contribution >= 4 is 17.7 Å². The average Bonchev–Trinajstić information content (AvgIpc) is 2.39. The van der Waals surface area contributed by atoms with E-state index < -0.39 is 0 Å². The first-order valence-corrected chi connectivity index (χ1v) is 7.19. The van der Waals surface area contributed by atoms with Crippen molar-refractivity contribution in [3.63, 3.8) is 0 Å². The van der Waals surface area contributed by atoms with Crippen LogP contribution in [0.2, 0.25) is 0 Å². The van der Waals surface area contributed by atoms with Crippen LogP contribution in [-0.4, -0.2) is 35.9 Å². The fourth-order valence-electron chi connectivity index (χ4n) is 1.52. The minimum absolute atomic E-state index is 0.158. The Kier molecular flexibility index (Phi) is 7.44. The van der Waals surface area contributed by atoms with Gasteiger partial charge in [0, 0.05) is 23.0 Å². The highest BCUT2D eigenvalue weighted by Gasteiger charge is 2.17. The molecule has 0 spiro atoms. The van der Waals surface area contributed by atoms with Gasteiger partial charge in [0.05, 0.1) is 6.61 Å². The quantitative estimate of drug-likeness (QED) is 0.578. The standard InChI is InChI=1S/C13H20N2O2S/c1-3-15-12(13(16)17-4-2)7-10-18-11-5-8-14-9-6-11/h5-6,8-9,12,15H,3-4,7,10H2,1-2H3. The number of thioether (sulfide) groups is 1. The van der Waals surface area contributed by atoms with Gasteiger partial charge in [-0.2, -0.15) is 0 Å². The number of aromatic nitrogens is 1. The Balaban J connectivity index is 2.35. The lowest BCUT2D eigenvalue weighted by atomic mass is 10.2. The number of carbonyl (C=O) groups is 1. The maximum atomic E-state index is 11.7. The number of likely N-dealkylation sites (N-methyl/N-ethyl adjacent to an activating group) is 1. The minimum Gasteiger partial charge on any atom is -0.465 e. The molecule has 0 aliphatic carbocycles. The van der Waals surface area contributed by atoms with E-state index in [1.54, 1.807) is 24.2 Å². The summed E-state index contributed by atoms with van der Waals surface area (Å²) < 4.78 is 5.04. The average molecular weight is 268 g/mol. The van der Waals surface area contributed by atoms with Gasteiger partial charge < -0.3 is 10.1 Å². The molecule has 1 atom stereocenters. The Morgan fingerprint density at radius 1 is 1.44 bits per heavy atom. The molecule has 1 rings (SSSR count). The molecule has 0 fully saturated rings. The number of ether oxygens (including phenoxy) is 1. The number of hydrogen-bond acceptors (Lipinski definition) is 5. The van der Waals surface area contributed by atoms with Crippen LogP contribution in [-0.2, 0) is 9.53 Å². The number of hydrogen-bond donors (Lipinski definition) is 1. The zero-order valence-corrected chi connectivity index (χ0v) is 11.7. The molecular weight excluding hydrogens is 248 g/mol. The van der Waals surface area contributed by atoms with Crippen LogP contribution in [0.5, 0.6) is 0 Å². The van der Waals surface area contributed by atoms with Crippen molar-refractivity contribution < 1.29 is 9.53 Å². The molecule has 1 aromatic heterocycles. The summed E-state index contributed by atoms with van der Waals surface area (Å²) in [6.07, 6.45) is 4.31. The topological polar surface area (TPSA) is 51.2 Å². The highest BCUT2D eigenvalue weighted by Crippen LogP contribution is 2.18. The molecule has 0 bridgehead atoms. The van der Waals surface area contributed by atoms with Crippen LogP contribution in [0.15, 0.2) is 29.4 Å². The van der Waals surface area contributed by atoms with E-state index in [1.165, 1.54) is 4.90 Å². The van der Waals surface area contributed by atoms with Crippen LogP contribution < -0.4 is 5.32 Å². The molecule has 1 aromatic rings. The first-order chi connectivity index (χ1) is 8.77. The van der Waals surface area contributed by atoms with E-state index in [4.69, 9.17) is 4.74 Å². The molecular formula is C13H20N2O2S. The molecule has 0 saturated carbocycles. The second-order valence-corrected chi connectivity index (χ2v) is 4.85. The van der Waals surface area contributed by atoms with Crippen LogP contribution in [0.4, 0.5) is 0 Å². The predicted octanol–water partition coefficient (Wildman–Crippen LogP) is 2.10. The Morgan fingerprint density at radius 2 is 2.17 bits per heavy atom. The smallest absolute Gasteiger partial charge is 0.323 e. The first-order valence-electron chi connectivity index (χ1n) is 6.20. The zero-order chi connectivity index (χ0) is 13.2. The molecule has 1 N–H and O–H groups in total. The minimum atomic E-state index is -0.204. The number of carbonyl (C=O) groups excluding carboxylic acids is 1. The summed E-state index contributed by atoms with van der Waals surface area (Å²) in [5.41, 5.74) is 0. The second kappa shape index (κ2) is 8.94. The lowest BCUT2D eigenvalue weighted by molar-refractivity contribution is -0.145. The van der Waals surface area contributed by atoms with Gasteiger partial charge in [-0.3, -0.25) is 9.78 Å². The van der Waals surface area contributed by atoms with Gasteiger partial charge >= 0.3 is 5.97 Å². The molecule has 0 aliphatic rings. The van der Waals surface area contributed by atoms with Gasteiger partial charge in [-0.1, -0.05) is 6.92 Å². The van der Waals surface area contributed by atoms with E-state index in [0.717, 1.165) is 18.7 Å². The van der Waals surface area contributed by atoms with E-state index in [9.17, 15) is 4.79 Å². The predicted molar refractivity (Wildman–Crippen MR) is 73.7 cm³/mol. The van der Waals surface area contributed by atoms with Crippen molar-refractivity contribution in [3.8, 4) is 0 Å². The maximum absolute atomic E-state index is 11.7. The van der Waals surface area contributed by atoms with Gasteiger partial charge in [-0.15, -0.1) is 11.8 Å². The van der Waals surface area contributed by atoms with Crippen LogP contribution in [0.3, 0.4) is 0 Å². The summed E-state index contributed by atoms with van der Waals surface area (Å²) in [5, 5.41) is 3.15. The number of esters is 1. The fraction of sp³-hybridized carbons (Fsp3) is 0.538. The van der Waals surface area contributed by atoms with Crippen LogP contribution in [0.1, 0.15) is 20.3 Å². The Labute approximate surface area is 113 Å². The SMILES string of the molecule is CCNC(CCSc1ccncc1)C(=O)OCC. The van der Waals surface area contributed by atoms with E-state index >= 15 is 0 Å². The van der Waals surface area contributed by atoms with Gasteiger partial charge in [0.2, 0.25) is 0 Å². The number of pyridine rings is 1. The van der Waals surface area contributed by atoms with Gasteiger partial charge in [0.25, 0.3) is 0 Å². The lowest BCUT2D eigenvalue weighted by Crippen LogP contribution is -2.38. The van der Waals surface area contributed by atoms with E-state index in [2.05, 4.69) is 10.3 Å². The van der Waals surface area contributed by atoms with Crippen LogP contribution in [0.25, 0.3) is 0 Å². The largest absolute Gasteiger partial charge is 0.465 e. The fourth-order valence-corrected chi connectivity index (χ4v) is 2.43. The Hall–Kier alpha value is -1.07. The van der Waals surface area contributed by atoms with Gasteiger partial charge in [-0.25, -0.2) is 0 Å². The normalized spacial score (nSPS) is 12.1. The highest BCUT2D eigenvalue weighted by molar-refractivity contribution is 7.99.